The lowest BCUT2D eigenvalue weighted by atomic mass is 9.82. The summed E-state index contributed by atoms with van der Waals surface area (Å²) >= 11 is 0. The third-order valence-electron chi connectivity index (χ3n) is 7.09. The van der Waals surface area contributed by atoms with Crippen LogP contribution >= 0.6 is 0 Å². The highest BCUT2D eigenvalue weighted by Gasteiger charge is 2.54. The molecule has 0 unspecified atom stereocenters. The zero-order valence-electron chi connectivity index (χ0n) is 21.4. The van der Waals surface area contributed by atoms with Gasteiger partial charge in [-0.05, 0) is 62.3 Å². The van der Waals surface area contributed by atoms with Crippen molar-refractivity contribution in [2.75, 3.05) is 47.9 Å². The summed E-state index contributed by atoms with van der Waals surface area (Å²) in [5.41, 5.74) is 0.206. The second-order valence-electron chi connectivity index (χ2n) is 9.52. The van der Waals surface area contributed by atoms with Crippen molar-refractivity contribution >= 4 is 17.8 Å². The molecule has 2 aromatic rings. The van der Waals surface area contributed by atoms with Crippen molar-refractivity contribution in [1.82, 2.24) is 20.0 Å². The second kappa shape index (κ2) is 10.6. The Bertz CT molecular complexity index is 1040. The summed E-state index contributed by atoms with van der Waals surface area (Å²) in [6, 6.07) is 14.5. The van der Waals surface area contributed by atoms with Gasteiger partial charge >= 0.3 is 0 Å². The van der Waals surface area contributed by atoms with Crippen LogP contribution in [0.4, 0.5) is 0 Å². The van der Waals surface area contributed by atoms with Crippen molar-refractivity contribution in [1.29, 1.82) is 5.41 Å². The first-order valence-electron chi connectivity index (χ1n) is 12.2. The number of likely N-dealkylation sites (tertiary alicyclic amines) is 1. The van der Waals surface area contributed by atoms with E-state index in [0.717, 1.165) is 11.1 Å². The van der Waals surface area contributed by atoms with Crippen LogP contribution in [0, 0.1) is 5.41 Å². The standard InChI is InChI=1S/C27H35N5O4/c1-30(2)16-15-24(33)31-17-13-21(14-18-31)32-25(34)27(29-26(32)28,19-5-9-22(35-3)10-6-19)20-7-11-23(36-4)12-8-20/h5-12,21H,13-18H2,1-4H3,(H2,28,29). The molecule has 2 aliphatic heterocycles. The van der Waals surface area contributed by atoms with Crippen molar-refractivity contribution in [3.63, 3.8) is 0 Å². The van der Waals surface area contributed by atoms with Crippen molar-refractivity contribution < 1.29 is 19.1 Å². The molecule has 9 heteroatoms. The van der Waals surface area contributed by atoms with E-state index in [2.05, 4.69) is 5.32 Å². The molecule has 2 N–H and O–H groups in total. The summed E-state index contributed by atoms with van der Waals surface area (Å²) < 4.78 is 10.6. The van der Waals surface area contributed by atoms with E-state index >= 15 is 0 Å². The maximum absolute atomic E-state index is 14.2. The number of hydrogen-bond acceptors (Lipinski definition) is 6. The van der Waals surface area contributed by atoms with E-state index in [1.807, 2.05) is 72.4 Å². The first kappa shape index (κ1) is 25.5. The number of methoxy groups -OCH3 is 2. The van der Waals surface area contributed by atoms with E-state index in [1.165, 1.54) is 0 Å². The number of carbonyl (C=O) groups is 2. The maximum Gasteiger partial charge on any atom is 0.264 e. The number of ether oxygens (including phenoxy) is 2. The van der Waals surface area contributed by atoms with E-state index < -0.39 is 5.54 Å². The van der Waals surface area contributed by atoms with Crippen LogP contribution in [0.25, 0.3) is 0 Å². The van der Waals surface area contributed by atoms with Gasteiger partial charge in [0, 0.05) is 32.1 Å². The second-order valence-corrected chi connectivity index (χ2v) is 9.52. The fourth-order valence-electron chi connectivity index (χ4n) is 5.01. The molecular formula is C27H35N5O4. The lowest BCUT2D eigenvalue weighted by Gasteiger charge is -2.37. The predicted octanol–water partition coefficient (Wildman–Crippen LogP) is 2.26. The molecule has 0 saturated carbocycles. The highest BCUT2D eigenvalue weighted by molar-refractivity contribution is 6.10. The van der Waals surface area contributed by atoms with Crippen LogP contribution in [0.2, 0.25) is 0 Å². The van der Waals surface area contributed by atoms with Gasteiger partial charge in [0.25, 0.3) is 5.91 Å². The summed E-state index contributed by atoms with van der Waals surface area (Å²) in [7, 11) is 7.11. The summed E-state index contributed by atoms with van der Waals surface area (Å²) in [5, 5.41) is 12.0. The van der Waals surface area contributed by atoms with Crippen LogP contribution in [0.1, 0.15) is 30.4 Å². The summed E-state index contributed by atoms with van der Waals surface area (Å²) in [4.78, 5) is 32.2. The molecule has 2 fully saturated rings. The van der Waals surface area contributed by atoms with Crippen molar-refractivity contribution in [2.24, 2.45) is 0 Å². The molecule has 9 nitrogen and oxygen atoms in total. The number of nitrogens with one attached hydrogen (secondary N) is 2. The zero-order chi connectivity index (χ0) is 25.9. The Morgan fingerprint density at radius 1 is 1.00 bits per heavy atom. The Kier molecular flexibility index (Phi) is 7.49. The third-order valence-corrected chi connectivity index (χ3v) is 7.09. The maximum atomic E-state index is 14.2. The van der Waals surface area contributed by atoms with Crippen LogP contribution in [-0.4, -0.2) is 86.5 Å². The molecular weight excluding hydrogens is 458 g/mol. The Morgan fingerprint density at radius 3 is 1.94 bits per heavy atom. The molecule has 0 radical (unpaired) electrons. The van der Waals surface area contributed by atoms with Gasteiger partial charge in [0.15, 0.2) is 11.5 Å². The molecule has 0 aromatic heterocycles. The van der Waals surface area contributed by atoms with E-state index in [1.54, 1.807) is 19.1 Å². The number of rotatable bonds is 8. The van der Waals surface area contributed by atoms with E-state index in [4.69, 9.17) is 14.9 Å². The van der Waals surface area contributed by atoms with Gasteiger partial charge < -0.3 is 24.6 Å². The Morgan fingerprint density at radius 2 is 1.50 bits per heavy atom. The Hall–Kier alpha value is -3.59. The first-order valence-corrected chi connectivity index (χ1v) is 12.2. The predicted molar refractivity (Wildman–Crippen MR) is 137 cm³/mol. The number of nitrogens with zero attached hydrogens (tertiary/aromatic N) is 3. The van der Waals surface area contributed by atoms with Gasteiger partial charge in [-0.15, -0.1) is 0 Å². The molecule has 2 aromatic carbocycles. The van der Waals surface area contributed by atoms with Gasteiger partial charge in [0.1, 0.15) is 11.5 Å². The Balaban J connectivity index is 1.60. The number of hydrogen-bond donors (Lipinski definition) is 2. The molecule has 0 bridgehead atoms. The topological polar surface area (TPSA) is 98.2 Å². The highest BCUT2D eigenvalue weighted by Crippen LogP contribution is 2.39. The largest absolute Gasteiger partial charge is 0.497 e. The number of benzene rings is 2. The van der Waals surface area contributed by atoms with Crippen LogP contribution in [0.5, 0.6) is 11.5 Å². The summed E-state index contributed by atoms with van der Waals surface area (Å²) in [6.45, 7) is 1.86. The van der Waals surface area contributed by atoms with Crippen LogP contribution in [0.15, 0.2) is 48.5 Å². The zero-order valence-corrected chi connectivity index (χ0v) is 21.4. The van der Waals surface area contributed by atoms with Crippen molar-refractivity contribution in [3.05, 3.63) is 59.7 Å². The highest BCUT2D eigenvalue weighted by atomic mass is 16.5. The number of guanidine groups is 1. The molecule has 2 saturated heterocycles. The quantitative estimate of drug-likeness (QED) is 0.586. The summed E-state index contributed by atoms with van der Waals surface area (Å²) in [5.74, 6) is 1.39. The molecule has 4 rings (SSSR count). The fraction of sp³-hybridized carbons (Fsp3) is 0.444. The smallest absolute Gasteiger partial charge is 0.264 e. The molecule has 0 aliphatic carbocycles. The van der Waals surface area contributed by atoms with E-state index in [0.29, 0.717) is 50.4 Å². The van der Waals surface area contributed by atoms with Gasteiger partial charge in [-0.1, -0.05) is 24.3 Å². The van der Waals surface area contributed by atoms with Crippen LogP contribution < -0.4 is 14.8 Å². The molecule has 2 amide bonds. The first-order chi connectivity index (χ1) is 17.3. The average Bonchev–Trinajstić information content (AvgIpc) is 3.17. The number of amides is 2. The Labute approximate surface area is 212 Å². The van der Waals surface area contributed by atoms with Crippen LogP contribution in [0.3, 0.4) is 0 Å². The SMILES string of the molecule is COc1ccc(C2(c3ccc(OC)cc3)NC(=N)N(C3CCN(C(=O)CCN(C)C)CC3)C2=O)cc1. The molecule has 0 spiro atoms. The van der Waals surface area contributed by atoms with Gasteiger partial charge in [-0.2, -0.15) is 0 Å². The average molecular weight is 494 g/mol. The van der Waals surface area contributed by atoms with Gasteiger partial charge in [0.05, 0.1) is 14.2 Å². The normalized spacial score (nSPS) is 17.9. The van der Waals surface area contributed by atoms with Crippen LogP contribution in [-0.2, 0) is 15.1 Å². The molecule has 0 atom stereocenters. The van der Waals surface area contributed by atoms with E-state index in [-0.39, 0.29) is 23.8 Å². The minimum absolute atomic E-state index is 0.0732. The fourth-order valence-corrected chi connectivity index (χ4v) is 5.01. The number of carbonyl (C=O) groups excluding carboxylic acids is 2. The van der Waals surface area contributed by atoms with Crippen molar-refractivity contribution in [2.45, 2.75) is 30.8 Å². The minimum Gasteiger partial charge on any atom is -0.497 e. The van der Waals surface area contributed by atoms with E-state index in [9.17, 15) is 9.59 Å². The molecule has 192 valence electrons. The van der Waals surface area contributed by atoms with Gasteiger partial charge in [0.2, 0.25) is 5.91 Å². The van der Waals surface area contributed by atoms with Gasteiger partial charge in [-0.25, -0.2) is 0 Å². The summed E-state index contributed by atoms with van der Waals surface area (Å²) in [6.07, 6.45) is 1.74. The third kappa shape index (κ3) is 4.75. The molecule has 2 aliphatic rings. The lowest BCUT2D eigenvalue weighted by Crippen LogP contribution is -2.50. The lowest BCUT2D eigenvalue weighted by molar-refractivity contribution is -0.134. The molecule has 36 heavy (non-hydrogen) atoms. The molecule has 2 heterocycles. The van der Waals surface area contributed by atoms with Gasteiger partial charge in [-0.3, -0.25) is 19.9 Å². The van der Waals surface area contributed by atoms with Crippen molar-refractivity contribution in [3.8, 4) is 11.5 Å². The number of piperidine rings is 1. The monoisotopic (exact) mass is 493 g/mol. The minimum atomic E-state index is -1.24.